The van der Waals surface area contributed by atoms with Gasteiger partial charge in [-0.2, -0.15) is 0 Å². The molecule has 2 rings (SSSR count). The van der Waals surface area contributed by atoms with E-state index in [0.29, 0.717) is 36.7 Å². The SMILES string of the molecule is CC(C)=COCCCOC(=O)c1ccc(-c2ccc(OC=C(C)C)c(OC=C(C)C)c2)cc1. The molecule has 0 bridgehead atoms. The van der Waals surface area contributed by atoms with Crippen LogP contribution in [0.2, 0.25) is 0 Å². The van der Waals surface area contributed by atoms with Crippen LogP contribution in [0, 0.1) is 0 Å². The van der Waals surface area contributed by atoms with Crippen molar-refractivity contribution in [3.8, 4) is 22.6 Å². The Hall–Kier alpha value is -3.47. The Morgan fingerprint density at radius 2 is 1.27 bits per heavy atom. The maximum Gasteiger partial charge on any atom is 0.338 e. The van der Waals surface area contributed by atoms with Gasteiger partial charge in [0.2, 0.25) is 0 Å². The molecule has 0 aliphatic carbocycles. The number of ether oxygens (including phenoxy) is 4. The fraction of sp³-hybridized carbons (Fsp3) is 0.321. The van der Waals surface area contributed by atoms with Gasteiger partial charge >= 0.3 is 5.97 Å². The van der Waals surface area contributed by atoms with Gasteiger partial charge in [0.15, 0.2) is 11.5 Å². The number of carbonyl (C=O) groups is 1. The van der Waals surface area contributed by atoms with Crippen molar-refractivity contribution in [2.24, 2.45) is 0 Å². The van der Waals surface area contributed by atoms with Crippen LogP contribution in [0.15, 0.2) is 78.0 Å². The summed E-state index contributed by atoms with van der Waals surface area (Å²) in [4.78, 5) is 12.3. The number of allylic oxidation sites excluding steroid dienone is 3. The van der Waals surface area contributed by atoms with Crippen molar-refractivity contribution in [3.63, 3.8) is 0 Å². The zero-order valence-corrected chi connectivity index (χ0v) is 20.4. The molecule has 33 heavy (non-hydrogen) atoms. The molecule has 0 N–H and O–H groups in total. The van der Waals surface area contributed by atoms with E-state index in [4.69, 9.17) is 18.9 Å². The van der Waals surface area contributed by atoms with Gasteiger partial charge in [-0.1, -0.05) is 18.2 Å². The van der Waals surface area contributed by atoms with Crippen LogP contribution < -0.4 is 9.47 Å². The number of carbonyl (C=O) groups excluding carboxylic acids is 1. The van der Waals surface area contributed by atoms with Crippen LogP contribution in [0.1, 0.15) is 58.3 Å². The predicted molar refractivity (Wildman–Crippen MR) is 132 cm³/mol. The topological polar surface area (TPSA) is 54.0 Å². The van der Waals surface area contributed by atoms with Crippen LogP contribution >= 0.6 is 0 Å². The lowest BCUT2D eigenvalue weighted by molar-refractivity contribution is 0.0477. The van der Waals surface area contributed by atoms with Crippen molar-refractivity contribution in [1.29, 1.82) is 0 Å². The van der Waals surface area contributed by atoms with E-state index in [9.17, 15) is 4.79 Å². The first kappa shape index (κ1) is 25.8. The Morgan fingerprint density at radius 1 is 0.697 bits per heavy atom. The third-order valence-corrected chi connectivity index (χ3v) is 4.20. The summed E-state index contributed by atoms with van der Waals surface area (Å²) in [7, 11) is 0. The van der Waals surface area contributed by atoms with E-state index in [-0.39, 0.29) is 5.97 Å². The molecule has 0 aliphatic heterocycles. The largest absolute Gasteiger partial charge is 0.501 e. The van der Waals surface area contributed by atoms with Gasteiger partial charge in [0.05, 0.1) is 37.6 Å². The Labute approximate surface area is 197 Å². The molecule has 0 amide bonds. The molecular weight excluding hydrogens is 416 g/mol. The van der Waals surface area contributed by atoms with Crippen molar-refractivity contribution < 1.29 is 23.7 Å². The van der Waals surface area contributed by atoms with Crippen LogP contribution in [0.4, 0.5) is 0 Å². The lowest BCUT2D eigenvalue weighted by Crippen LogP contribution is -2.07. The lowest BCUT2D eigenvalue weighted by atomic mass is 10.0. The maximum absolute atomic E-state index is 12.3. The molecule has 0 heterocycles. The van der Waals surface area contributed by atoms with Crippen molar-refractivity contribution in [3.05, 3.63) is 83.5 Å². The molecule has 0 radical (unpaired) electrons. The summed E-state index contributed by atoms with van der Waals surface area (Å²) in [5.41, 5.74) is 5.60. The second kappa shape index (κ2) is 13.2. The van der Waals surface area contributed by atoms with Crippen LogP contribution in [-0.4, -0.2) is 19.2 Å². The number of esters is 1. The summed E-state index contributed by atoms with van der Waals surface area (Å²) in [6.45, 7) is 12.6. The molecule has 5 heteroatoms. The fourth-order valence-corrected chi connectivity index (χ4v) is 2.65. The van der Waals surface area contributed by atoms with E-state index >= 15 is 0 Å². The Kier molecular flexibility index (Phi) is 10.3. The van der Waals surface area contributed by atoms with Crippen LogP contribution in [-0.2, 0) is 9.47 Å². The van der Waals surface area contributed by atoms with Crippen molar-refractivity contribution >= 4 is 5.97 Å². The molecule has 2 aromatic rings. The van der Waals surface area contributed by atoms with Crippen molar-refractivity contribution in [2.45, 2.75) is 48.0 Å². The minimum Gasteiger partial charge on any atom is -0.501 e. The molecule has 0 aliphatic rings. The van der Waals surface area contributed by atoms with E-state index in [2.05, 4.69) is 0 Å². The molecule has 0 saturated heterocycles. The first-order valence-electron chi connectivity index (χ1n) is 11.0. The van der Waals surface area contributed by atoms with Crippen molar-refractivity contribution in [2.75, 3.05) is 13.2 Å². The molecule has 0 spiro atoms. The van der Waals surface area contributed by atoms with Gasteiger partial charge in [0, 0.05) is 6.42 Å². The van der Waals surface area contributed by atoms with Gasteiger partial charge in [-0.15, -0.1) is 0 Å². The summed E-state index contributed by atoms with van der Waals surface area (Å²) in [5, 5.41) is 0. The molecule has 0 unspecified atom stereocenters. The van der Waals surface area contributed by atoms with Gasteiger partial charge in [-0.05, 0) is 93.7 Å². The van der Waals surface area contributed by atoms with E-state index in [1.54, 1.807) is 30.9 Å². The Morgan fingerprint density at radius 3 is 1.88 bits per heavy atom. The lowest BCUT2D eigenvalue weighted by Gasteiger charge is -2.11. The minimum atomic E-state index is -0.346. The predicted octanol–water partition coefficient (Wildman–Crippen LogP) is 7.45. The maximum atomic E-state index is 12.3. The van der Waals surface area contributed by atoms with E-state index in [1.807, 2.05) is 71.9 Å². The van der Waals surface area contributed by atoms with Crippen LogP contribution in [0.25, 0.3) is 11.1 Å². The highest BCUT2D eigenvalue weighted by atomic mass is 16.5. The molecule has 0 aromatic heterocycles. The Balaban J connectivity index is 2.07. The minimum absolute atomic E-state index is 0.315. The van der Waals surface area contributed by atoms with Crippen LogP contribution in [0.3, 0.4) is 0 Å². The molecule has 0 saturated carbocycles. The second-order valence-electron chi connectivity index (χ2n) is 8.42. The second-order valence-corrected chi connectivity index (χ2v) is 8.42. The van der Waals surface area contributed by atoms with Gasteiger partial charge in [-0.25, -0.2) is 4.79 Å². The smallest absolute Gasteiger partial charge is 0.338 e. The molecule has 2 aromatic carbocycles. The third kappa shape index (κ3) is 9.27. The summed E-state index contributed by atoms with van der Waals surface area (Å²) < 4.78 is 22.3. The van der Waals surface area contributed by atoms with Gasteiger partial charge in [0.25, 0.3) is 0 Å². The quantitative estimate of drug-likeness (QED) is 0.202. The van der Waals surface area contributed by atoms with E-state index in [0.717, 1.165) is 27.8 Å². The molecular formula is C28H34O5. The van der Waals surface area contributed by atoms with E-state index in [1.165, 1.54) is 0 Å². The normalized spacial score (nSPS) is 10.0. The first-order chi connectivity index (χ1) is 15.8. The zero-order chi connectivity index (χ0) is 24.2. The van der Waals surface area contributed by atoms with Crippen LogP contribution in [0.5, 0.6) is 11.5 Å². The highest BCUT2D eigenvalue weighted by molar-refractivity contribution is 5.90. The number of hydrogen-bond donors (Lipinski definition) is 0. The third-order valence-electron chi connectivity index (χ3n) is 4.20. The Bertz CT molecular complexity index is 1000. The molecule has 0 atom stereocenters. The van der Waals surface area contributed by atoms with Gasteiger partial charge in [-0.3, -0.25) is 0 Å². The molecule has 176 valence electrons. The standard InChI is InChI=1S/C28H34O5/c1-20(2)17-30-14-7-15-31-28(29)24-10-8-23(9-11-24)25-12-13-26(32-18-21(3)4)27(16-25)33-19-22(5)6/h8-13,16-19H,7,14-15H2,1-6H3. The monoisotopic (exact) mass is 450 g/mol. The summed E-state index contributed by atoms with van der Waals surface area (Å²) in [5.74, 6) is 0.901. The average molecular weight is 451 g/mol. The molecule has 0 fully saturated rings. The van der Waals surface area contributed by atoms with E-state index < -0.39 is 0 Å². The van der Waals surface area contributed by atoms with Gasteiger partial charge < -0.3 is 18.9 Å². The molecule has 5 nitrogen and oxygen atoms in total. The highest BCUT2D eigenvalue weighted by Gasteiger charge is 2.10. The fourth-order valence-electron chi connectivity index (χ4n) is 2.65. The number of rotatable bonds is 11. The highest BCUT2D eigenvalue weighted by Crippen LogP contribution is 2.33. The van der Waals surface area contributed by atoms with Crippen molar-refractivity contribution in [1.82, 2.24) is 0 Å². The zero-order valence-electron chi connectivity index (χ0n) is 20.4. The number of benzene rings is 2. The number of hydrogen-bond acceptors (Lipinski definition) is 5. The summed E-state index contributed by atoms with van der Waals surface area (Å²) >= 11 is 0. The summed E-state index contributed by atoms with van der Waals surface area (Å²) in [6, 6.07) is 13.1. The van der Waals surface area contributed by atoms with Gasteiger partial charge in [0.1, 0.15) is 0 Å². The first-order valence-corrected chi connectivity index (χ1v) is 11.0. The average Bonchev–Trinajstić information content (AvgIpc) is 2.78. The summed E-state index contributed by atoms with van der Waals surface area (Å²) in [6.07, 6.45) is 5.73.